The van der Waals surface area contributed by atoms with Crippen LogP contribution in [0, 0.1) is 0 Å². The minimum Gasteiger partial charge on any atom is -0.507 e. The highest BCUT2D eigenvalue weighted by molar-refractivity contribution is 5.77. The summed E-state index contributed by atoms with van der Waals surface area (Å²) in [5.74, 6) is 0.936. The second-order valence-corrected chi connectivity index (χ2v) is 5.94. The van der Waals surface area contributed by atoms with Gasteiger partial charge in [-0.1, -0.05) is 32.9 Å². The van der Waals surface area contributed by atoms with Crippen LogP contribution in [0.1, 0.15) is 26.6 Å². The summed E-state index contributed by atoms with van der Waals surface area (Å²) in [7, 11) is 0. The molecule has 1 aromatic heterocycles. The molecular weight excluding hydrogens is 264 g/mol. The molecular formula is C16H22N4O. The zero-order valence-electron chi connectivity index (χ0n) is 12.7. The number of nitrogens with two attached hydrogens (primary N) is 1. The number of nitrogens with one attached hydrogen (secondary N) is 1. The Morgan fingerprint density at radius 3 is 2.57 bits per heavy atom. The topological polar surface area (TPSA) is 84.1 Å². The second-order valence-electron chi connectivity index (χ2n) is 5.94. The maximum Gasteiger partial charge on any atom is 0.134 e. The zero-order chi connectivity index (χ0) is 15.5. The Kier molecular flexibility index (Phi) is 4.43. The van der Waals surface area contributed by atoms with E-state index in [1.165, 1.54) is 0 Å². The Morgan fingerprint density at radius 2 is 1.95 bits per heavy atom. The van der Waals surface area contributed by atoms with Gasteiger partial charge in [0.1, 0.15) is 17.3 Å². The summed E-state index contributed by atoms with van der Waals surface area (Å²) in [5, 5.41) is 13.3. The van der Waals surface area contributed by atoms with E-state index in [0.29, 0.717) is 24.3 Å². The number of nitrogens with zero attached hydrogens (tertiary/aromatic N) is 2. The van der Waals surface area contributed by atoms with E-state index in [-0.39, 0.29) is 11.2 Å². The largest absolute Gasteiger partial charge is 0.507 e. The van der Waals surface area contributed by atoms with E-state index in [1.54, 1.807) is 18.3 Å². The summed E-state index contributed by atoms with van der Waals surface area (Å²) in [4.78, 5) is 9.08. The summed E-state index contributed by atoms with van der Waals surface area (Å²) >= 11 is 0. The van der Waals surface area contributed by atoms with Gasteiger partial charge < -0.3 is 16.2 Å². The van der Waals surface area contributed by atoms with Crippen LogP contribution in [-0.4, -0.2) is 28.2 Å². The highest BCUT2D eigenvalue weighted by atomic mass is 16.3. The number of para-hydroxylation sites is 1. The monoisotopic (exact) mass is 286 g/mol. The average Bonchev–Trinajstić information content (AvgIpc) is 2.44. The first-order valence-electron chi connectivity index (χ1n) is 7.03. The van der Waals surface area contributed by atoms with Crippen molar-refractivity contribution in [2.75, 3.05) is 18.4 Å². The summed E-state index contributed by atoms with van der Waals surface area (Å²) < 4.78 is 0. The molecule has 0 atom stereocenters. The molecule has 5 nitrogen and oxygen atoms in total. The Balaban J connectivity index is 2.56. The summed E-state index contributed by atoms with van der Waals surface area (Å²) in [6, 6.07) is 7.16. The van der Waals surface area contributed by atoms with E-state index >= 15 is 0 Å². The molecule has 112 valence electrons. The van der Waals surface area contributed by atoms with Gasteiger partial charge in [0, 0.05) is 24.1 Å². The predicted octanol–water partition coefficient (Wildman–Crippen LogP) is 2.52. The van der Waals surface area contributed by atoms with E-state index in [2.05, 4.69) is 36.1 Å². The molecule has 4 N–H and O–H groups in total. The molecule has 0 aliphatic heterocycles. The van der Waals surface area contributed by atoms with Crippen LogP contribution in [0.3, 0.4) is 0 Å². The van der Waals surface area contributed by atoms with Gasteiger partial charge in [-0.05, 0) is 12.1 Å². The molecule has 0 saturated heterocycles. The first-order valence-corrected chi connectivity index (χ1v) is 7.03. The third kappa shape index (κ3) is 3.49. The van der Waals surface area contributed by atoms with Crippen LogP contribution in [0.5, 0.6) is 5.75 Å². The minimum atomic E-state index is -0.161. The van der Waals surface area contributed by atoms with Crippen molar-refractivity contribution in [3.8, 4) is 17.0 Å². The highest BCUT2D eigenvalue weighted by Gasteiger charge is 2.20. The van der Waals surface area contributed by atoms with Crippen molar-refractivity contribution >= 4 is 5.69 Å². The van der Waals surface area contributed by atoms with Crippen molar-refractivity contribution in [1.29, 1.82) is 0 Å². The number of hydrogen-bond donors (Lipinski definition) is 3. The van der Waals surface area contributed by atoms with Gasteiger partial charge in [-0.3, -0.25) is 0 Å². The van der Waals surface area contributed by atoms with Crippen molar-refractivity contribution in [1.82, 2.24) is 9.97 Å². The second kappa shape index (κ2) is 6.10. The smallest absolute Gasteiger partial charge is 0.134 e. The predicted molar refractivity (Wildman–Crippen MR) is 85.4 cm³/mol. The van der Waals surface area contributed by atoms with Crippen LogP contribution in [0.15, 0.2) is 30.5 Å². The van der Waals surface area contributed by atoms with Crippen molar-refractivity contribution in [3.05, 3.63) is 36.3 Å². The Morgan fingerprint density at radius 1 is 1.24 bits per heavy atom. The van der Waals surface area contributed by atoms with Crippen LogP contribution in [0.2, 0.25) is 0 Å². The van der Waals surface area contributed by atoms with Gasteiger partial charge in [-0.2, -0.15) is 0 Å². The van der Waals surface area contributed by atoms with Crippen LogP contribution in [0.4, 0.5) is 5.69 Å². The quantitative estimate of drug-likeness (QED) is 0.804. The number of aromatic hydroxyl groups is 1. The summed E-state index contributed by atoms with van der Waals surface area (Å²) in [6.07, 6.45) is 1.75. The van der Waals surface area contributed by atoms with Crippen LogP contribution < -0.4 is 11.1 Å². The van der Waals surface area contributed by atoms with Crippen molar-refractivity contribution in [3.63, 3.8) is 0 Å². The molecule has 0 aliphatic carbocycles. The molecule has 0 fully saturated rings. The van der Waals surface area contributed by atoms with Crippen molar-refractivity contribution in [2.45, 2.75) is 26.2 Å². The molecule has 0 spiro atoms. The molecule has 0 aliphatic rings. The van der Waals surface area contributed by atoms with Gasteiger partial charge in [-0.15, -0.1) is 0 Å². The minimum absolute atomic E-state index is 0.161. The van der Waals surface area contributed by atoms with Gasteiger partial charge >= 0.3 is 0 Å². The van der Waals surface area contributed by atoms with E-state index in [4.69, 9.17) is 5.73 Å². The molecule has 2 rings (SSSR count). The van der Waals surface area contributed by atoms with E-state index in [9.17, 15) is 5.11 Å². The lowest BCUT2D eigenvalue weighted by atomic mass is 9.95. The number of anilines is 1. The van der Waals surface area contributed by atoms with Gasteiger partial charge in [0.25, 0.3) is 0 Å². The molecule has 1 heterocycles. The lowest BCUT2D eigenvalue weighted by Crippen LogP contribution is -2.18. The molecule has 0 radical (unpaired) electrons. The maximum atomic E-state index is 10.1. The fraction of sp³-hybridized carbons (Fsp3) is 0.375. The van der Waals surface area contributed by atoms with Crippen LogP contribution >= 0.6 is 0 Å². The number of phenolic OH excluding ortho intramolecular Hbond substituents is 1. The molecule has 21 heavy (non-hydrogen) atoms. The van der Waals surface area contributed by atoms with Crippen molar-refractivity contribution < 1.29 is 5.11 Å². The number of aromatic nitrogens is 2. The fourth-order valence-electron chi connectivity index (χ4n) is 1.96. The number of phenols is 1. The Labute approximate surface area is 125 Å². The van der Waals surface area contributed by atoms with Gasteiger partial charge in [0.05, 0.1) is 11.9 Å². The molecule has 2 aromatic rings. The molecule has 0 unspecified atom stereocenters. The number of rotatable bonds is 4. The van der Waals surface area contributed by atoms with Gasteiger partial charge in [0.15, 0.2) is 0 Å². The summed E-state index contributed by atoms with van der Waals surface area (Å²) in [5.41, 5.74) is 7.53. The number of benzene rings is 1. The Hall–Kier alpha value is -2.14. The molecule has 1 aromatic carbocycles. The van der Waals surface area contributed by atoms with E-state index < -0.39 is 0 Å². The highest BCUT2D eigenvalue weighted by Crippen LogP contribution is 2.33. The van der Waals surface area contributed by atoms with E-state index in [1.807, 2.05) is 12.1 Å². The first kappa shape index (κ1) is 15.3. The van der Waals surface area contributed by atoms with Crippen molar-refractivity contribution in [2.24, 2.45) is 5.73 Å². The van der Waals surface area contributed by atoms with Crippen LogP contribution in [-0.2, 0) is 5.41 Å². The fourth-order valence-corrected chi connectivity index (χ4v) is 1.96. The normalized spacial score (nSPS) is 11.4. The SMILES string of the molecule is CC(C)(C)c1ncc(NCCN)c(-c2ccccc2O)n1. The molecule has 5 heteroatoms. The summed E-state index contributed by atoms with van der Waals surface area (Å²) in [6.45, 7) is 7.32. The first-order chi connectivity index (χ1) is 9.93. The standard InChI is InChI=1S/C16H22N4O/c1-16(2,3)15-19-10-12(18-9-8-17)14(20-15)11-6-4-5-7-13(11)21/h4-7,10,18,21H,8-9,17H2,1-3H3. The van der Waals surface area contributed by atoms with Gasteiger partial charge in [-0.25, -0.2) is 9.97 Å². The average molecular weight is 286 g/mol. The van der Waals surface area contributed by atoms with Gasteiger partial charge in [0.2, 0.25) is 0 Å². The lowest BCUT2D eigenvalue weighted by molar-refractivity contribution is 0.477. The lowest BCUT2D eigenvalue weighted by Gasteiger charge is -2.19. The molecule has 0 amide bonds. The third-order valence-corrected chi connectivity index (χ3v) is 3.08. The molecule has 0 saturated carbocycles. The van der Waals surface area contributed by atoms with Crippen LogP contribution in [0.25, 0.3) is 11.3 Å². The van der Waals surface area contributed by atoms with E-state index in [0.717, 1.165) is 11.5 Å². The third-order valence-electron chi connectivity index (χ3n) is 3.08. The maximum absolute atomic E-state index is 10.1. The zero-order valence-corrected chi connectivity index (χ0v) is 12.7. The molecule has 0 bridgehead atoms. The number of hydrogen-bond acceptors (Lipinski definition) is 5. The Bertz CT molecular complexity index is 620.